The molecule has 3 aliphatic heterocycles. The molecule has 0 bridgehead atoms. The van der Waals surface area contributed by atoms with Gasteiger partial charge in [-0.3, -0.25) is 0 Å². The van der Waals surface area contributed by atoms with E-state index in [0.29, 0.717) is 11.1 Å². The molecule has 0 radical (unpaired) electrons. The highest BCUT2D eigenvalue weighted by Gasteiger charge is 2.53. The van der Waals surface area contributed by atoms with Gasteiger partial charge in [0.05, 0.1) is 49.8 Å². The van der Waals surface area contributed by atoms with Crippen LogP contribution in [0.3, 0.4) is 0 Å². The normalized spacial score (nSPS) is 40.0. The lowest BCUT2D eigenvalue weighted by atomic mass is 10.00. The van der Waals surface area contributed by atoms with Crippen LogP contribution in [0.4, 0.5) is 0 Å². The van der Waals surface area contributed by atoms with E-state index in [1.807, 2.05) is 0 Å². The molecule has 0 aliphatic carbocycles. The molecule has 0 spiro atoms. The molecule has 0 aromatic heterocycles. The summed E-state index contributed by atoms with van der Waals surface area (Å²) >= 11 is 0. The Hall–Kier alpha value is -0.0231. The maximum atomic E-state index is 9.43. The van der Waals surface area contributed by atoms with Crippen LogP contribution in [0.2, 0.25) is 11.1 Å². The van der Waals surface area contributed by atoms with Crippen molar-refractivity contribution in [3.8, 4) is 0 Å². The monoisotopic (exact) mass is 402 g/mol. The summed E-state index contributed by atoms with van der Waals surface area (Å²) in [5.41, 5.74) is 0.649. The molecule has 6 nitrogen and oxygen atoms in total. The Balaban J connectivity index is 1.79. The maximum Gasteiger partial charge on any atom is 0.344 e. The lowest BCUT2D eigenvalue weighted by molar-refractivity contribution is -0.0564. The molecule has 27 heavy (non-hydrogen) atoms. The van der Waals surface area contributed by atoms with E-state index in [-0.39, 0.29) is 49.8 Å². The topological polar surface area (TPSA) is 77.4 Å². The van der Waals surface area contributed by atoms with Gasteiger partial charge in [-0.05, 0) is 49.6 Å². The van der Waals surface area contributed by atoms with Crippen LogP contribution >= 0.6 is 0 Å². The molecule has 0 aromatic rings. The average molecular weight is 403 g/mol. The first kappa shape index (κ1) is 21.7. The molecular weight excluding hydrogens is 364 g/mol. The smallest absolute Gasteiger partial charge is 0.344 e. The highest BCUT2D eigenvalue weighted by molar-refractivity contribution is 6.70. The second-order valence-corrected chi connectivity index (χ2v) is 13.3. The summed E-state index contributed by atoms with van der Waals surface area (Å²) < 4.78 is 25.9. The Labute approximate surface area is 164 Å². The van der Waals surface area contributed by atoms with Gasteiger partial charge in [0.1, 0.15) is 0 Å². The Kier molecular flexibility index (Phi) is 7.38. The van der Waals surface area contributed by atoms with Gasteiger partial charge in [-0.15, -0.1) is 0 Å². The van der Waals surface area contributed by atoms with E-state index < -0.39 is 8.56 Å². The first-order valence-corrected chi connectivity index (χ1v) is 12.7. The van der Waals surface area contributed by atoms with Crippen LogP contribution in [-0.2, 0) is 18.3 Å². The Morgan fingerprint density at radius 1 is 0.667 bits per heavy atom. The summed E-state index contributed by atoms with van der Waals surface area (Å²) in [6.45, 7) is 9.01. The molecule has 7 heteroatoms. The van der Waals surface area contributed by atoms with Gasteiger partial charge in [0.15, 0.2) is 0 Å². The summed E-state index contributed by atoms with van der Waals surface area (Å²) in [7, 11) is -2.50. The highest BCUT2D eigenvalue weighted by atomic mass is 28.4. The lowest BCUT2D eigenvalue weighted by Crippen LogP contribution is -2.53. The first-order valence-electron chi connectivity index (χ1n) is 10.8. The highest BCUT2D eigenvalue weighted by Crippen LogP contribution is 2.43. The third kappa shape index (κ3) is 4.60. The van der Waals surface area contributed by atoms with Crippen molar-refractivity contribution in [2.75, 3.05) is 13.2 Å². The van der Waals surface area contributed by atoms with Crippen molar-refractivity contribution in [3.05, 3.63) is 0 Å². The summed E-state index contributed by atoms with van der Waals surface area (Å²) in [5.74, 6) is 0. The van der Waals surface area contributed by atoms with Gasteiger partial charge in [0.2, 0.25) is 0 Å². The molecule has 0 amide bonds. The summed E-state index contributed by atoms with van der Waals surface area (Å²) in [5, 5.41) is 18.9. The van der Waals surface area contributed by atoms with Crippen LogP contribution in [0.25, 0.3) is 0 Å². The van der Waals surface area contributed by atoms with Gasteiger partial charge >= 0.3 is 8.56 Å². The zero-order chi connectivity index (χ0) is 19.6. The van der Waals surface area contributed by atoms with Crippen molar-refractivity contribution >= 4 is 8.56 Å². The standard InChI is InChI=1S/C20H38O6Si/c1-13(2)27(14(3)4)25-19(17-7-5-15(11-21)23-17)9-10-20(26-27)18-8-6-16(12-22)24-18/h13-22H,5-12H2,1-4H3/t15-,16-,17+,18+,19+,20+/m1/s1. The third-order valence-corrected chi connectivity index (χ3v) is 11.1. The Morgan fingerprint density at radius 3 is 1.33 bits per heavy atom. The van der Waals surface area contributed by atoms with Gasteiger partial charge in [-0.1, -0.05) is 27.7 Å². The lowest BCUT2D eigenvalue weighted by Gasteiger charge is -2.41. The fourth-order valence-corrected chi connectivity index (χ4v) is 8.93. The molecule has 3 aliphatic rings. The van der Waals surface area contributed by atoms with Crippen LogP contribution in [-0.4, -0.2) is 68.6 Å². The maximum absolute atomic E-state index is 9.43. The van der Waals surface area contributed by atoms with E-state index in [1.165, 1.54) is 0 Å². The van der Waals surface area contributed by atoms with Crippen molar-refractivity contribution in [1.82, 2.24) is 0 Å². The molecule has 6 atom stereocenters. The quantitative estimate of drug-likeness (QED) is 0.665. The Morgan fingerprint density at radius 2 is 1.04 bits per heavy atom. The molecule has 158 valence electrons. The molecule has 0 aromatic carbocycles. The van der Waals surface area contributed by atoms with Crippen LogP contribution in [0.15, 0.2) is 0 Å². The van der Waals surface area contributed by atoms with E-state index in [9.17, 15) is 10.2 Å². The van der Waals surface area contributed by atoms with Crippen molar-refractivity contribution in [2.45, 2.75) is 114 Å². The molecule has 3 saturated heterocycles. The van der Waals surface area contributed by atoms with E-state index >= 15 is 0 Å². The molecule has 3 heterocycles. The van der Waals surface area contributed by atoms with E-state index in [0.717, 1.165) is 38.5 Å². The van der Waals surface area contributed by atoms with Crippen LogP contribution in [0.5, 0.6) is 0 Å². The van der Waals surface area contributed by atoms with Gasteiger partial charge in [0, 0.05) is 0 Å². The number of hydrogen-bond donors (Lipinski definition) is 2. The van der Waals surface area contributed by atoms with Gasteiger partial charge < -0.3 is 28.5 Å². The zero-order valence-electron chi connectivity index (χ0n) is 17.3. The predicted molar refractivity (Wildman–Crippen MR) is 105 cm³/mol. The minimum Gasteiger partial charge on any atom is -0.394 e. The fraction of sp³-hybridized carbons (Fsp3) is 1.00. The molecule has 0 unspecified atom stereocenters. The van der Waals surface area contributed by atoms with Crippen LogP contribution in [0, 0.1) is 0 Å². The molecule has 3 rings (SSSR count). The summed E-state index contributed by atoms with van der Waals surface area (Å²) in [6.07, 6.45) is 5.48. The van der Waals surface area contributed by atoms with Crippen LogP contribution in [0.1, 0.15) is 66.2 Å². The van der Waals surface area contributed by atoms with Crippen molar-refractivity contribution in [3.63, 3.8) is 0 Å². The van der Waals surface area contributed by atoms with Gasteiger partial charge in [-0.25, -0.2) is 0 Å². The van der Waals surface area contributed by atoms with Crippen molar-refractivity contribution in [1.29, 1.82) is 0 Å². The second kappa shape index (κ2) is 9.20. The predicted octanol–water partition coefficient (Wildman–Crippen LogP) is 2.89. The number of hydrogen-bond acceptors (Lipinski definition) is 6. The first-order chi connectivity index (χ1) is 12.9. The second-order valence-electron chi connectivity index (χ2n) is 9.03. The SMILES string of the molecule is CC(C)[Si]1(C(C)C)O[C@H]([C@@H]2CC[C@H](CO)O2)CC[C@@H]([C@@H]2CC[C@H](CO)O2)O1. The Bertz CT molecular complexity index is 431. The number of aliphatic hydroxyl groups excluding tert-OH is 2. The van der Waals surface area contributed by atoms with E-state index in [4.69, 9.17) is 18.3 Å². The molecule has 2 N–H and O–H groups in total. The minimum atomic E-state index is -2.50. The van der Waals surface area contributed by atoms with Gasteiger partial charge in [-0.2, -0.15) is 0 Å². The van der Waals surface area contributed by atoms with Crippen molar-refractivity contribution in [2.24, 2.45) is 0 Å². The summed E-state index contributed by atoms with van der Waals surface area (Å²) in [6, 6.07) is 0. The van der Waals surface area contributed by atoms with Crippen molar-refractivity contribution < 1.29 is 28.5 Å². The molecule has 3 fully saturated rings. The minimum absolute atomic E-state index is 0.0260. The largest absolute Gasteiger partial charge is 0.394 e. The van der Waals surface area contributed by atoms with Crippen LogP contribution < -0.4 is 0 Å². The third-order valence-electron chi connectivity index (χ3n) is 6.53. The summed E-state index contributed by atoms with van der Waals surface area (Å²) in [4.78, 5) is 0. The number of ether oxygens (including phenoxy) is 2. The zero-order valence-corrected chi connectivity index (χ0v) is 18.3. The van der Waals surface area contributed by atoms with E-state index in [1.54, 1.807) is 0 Å². The number of rotatable bonds is 6. The van der Waals surface area contributed by atoms with E-state index in [2.05, 4.69) is 27.7 Å². The fourth-order valence-electron chi connectivity index (χ4n) is 4.96. The van der Waals surface area contributed by atoms with Gasteiger partial charge in [0.25, 0.3) is 0 Å². The average Bonchev–Trinajstić information content (AvgIpc) is 3.27. The molecular formula is C20H38O6Si. The number of aliphatic hydroxyl groups is 2. The molecule has 0 saturated carbocycles.